The van der Waals surface area contributed by atoms with Crippen LogP contribution in [0.1, 0.15) is 20.7 Å². The molecule has 0 spiro atoms. The van der Waals surface area contributed by atoms with Crippen LogP contribution in [0.3, 0.4) is 0 Å². The molecule has 0 atom stereocenters. The van der Waals surface area contributed by atoms with Crippen LogP contribution in [0.25, 0.3) is 0 Å². The summed E-state index contributed by atoms with van der Waals surface area (Å²) >= 11 is 0. The van der Waals surface area contributed by atoms with E-state index in [2.05, 4.69) is 10.2 Å². The zero-order valence-corrected chi connectivity index (χ0v) is 16.4. The summed E-state index contributed by atoms with van der Waals surface area (Å²) in [5.41, 5.74) is 1.66. The quantitative estimate of drug-likeness (QED) is 0.858. The van der Waals surface area contributed by atoms with Crippen molar-refractivity contribution in [1.82, 2.24) is 9.80 Å². The number of benzene rings is 2. The summed E-state index contributed by atoms with van der Waals surface area (Å²) in [4.78, 5) is 29.1. The summed E-state index contributed by atoms with van der Waals surface area (Å²) in [5, 5.41) is 2.83. The summed E-state index contributed by atoms with van der Waals surface area (Å²) < 4.78 is 10.4. The first-order chi connectivity index (χ1) is 13.5. The van der Waals surface area contributed by atoms with Gasteiger partial charge >= 0.3 is 0 Å². The third kappa shape index (κ3) is 4.43. The number of amides is 2. The van der Waals surface area contributed by atoms with Gasteiger partial charge in [-0.2, -0.15) is 0 Å². The van der Waals surface area contributed by atoms with Gasteiger partial charge in [-0.1, -0.05) is 0 Å². The first-order valence-corrected chi connectivity index (χ1v) is 9.13. The maximum absolute atomic E-state index is 12.6. The Bertz CT molecular complexity index is 843. The van der Waals surface area contributed by atoms with E-state index in [0.717, 1.165) is 26.2 Å². The Balaban J connectivity index is 1.66. The number of hydrogen-bond donors (Lipinski definition) is 1. The molecule has 0 aromatic heterocycles. The van der Waals surface area contributed by atoms with Crippen molar-refractivity contribution in [1.29, 1.82) is 0 Å². The minimum absolute atomic E-state index is 0.0000473. The van der Waals surface area contributed by atoms with Gasteiger partial charge in [0, 0.05) is 49.1 Å². The minimum Gasteiger partial charge on any atom is -0.493 e. The zero-order chi connectivity index (χ0) is 20.1. The van der Waals surface area contributed by atoms with Crippen LogP contribution in [0.5, 0.6) is 11.5 Å². The number of carbonyl (C=O) groups excluding carboxylic acids is 2. The maximum Gasteiger partial charge on any atom is 0.255 e. The lowest BCUT2D eigenvalue weighted by atomic mass is 10.1. The highest BCUT2D eigenvalue weighted by Gasteiger charge is 2.20. The van der Waals surface area contributed by atoms with Crippen LogP contribution in [-0.4, -0.2) is 69.1 Å². The van der Waals surface area contributed by atoms with Gasteiger partial charge in [-0.3, -0.25) is 9.59 Å². The van der Waals surface area contributed by atoms with Crippen LogP contribution in [0.2, 0.25) is 0 Å². The molecule has 0 radical (unpaired) electrons. The van der Waals surface area contributed by atoms with E-state index in [9.17, 15) is 9.59 Å². The van der Waals surface area contributed by atoms with E-state index >= 15 is 0 Å². The van der Waals surface area contributed by atoms with Crippen molar-refractivity contribution in [3.05, 3.63) is 53.6 Å². The van der Waals surface area contributed by atoms with Crippen LogP contribution in [0.4, 0.5) is 5.69 Å². The van der Waals surface area contributed by atoms with E-state index in [0.29, 0.717) is 28.3 Å². The van der Waals surface area contributed by atoms with E-state index in [1.165, 1.54) is 0 Å². The van der Waals surface area contributed by atoms with Gasteiger partial charge in [0.05, 0.1) is 14.2 Å². The van der Waals surface area contributed by atoms with Crippen molar-refractivity contribution in [3.8, 4) is 11.5 Å². The Morgan fingerprint density at radius 2 is 1.46 bits per heavy atom. The van der Waals surface area contributed by atoms with Crippen LogP contribution in [0, 0.1) is 0 Å². The van der Waals surface area contributed by atoms with E-state index in [1.807, 2.05) is 11.9 Å². The molecular weight excluding hydrogens is 358 g/mol. The van der Waals surface area contributed by atoms with Gasteiger partial charge in [0.15, 0.2) is 11.5 Å². The number of nitrogens with one attached hydrogen (secondary N) is 1. The molecular formula is C21H25N3O4. The molecule has 7 nitrogen and oxygen atoms in total. The molecule has 0 aliphatic carbocycles. The molecule has 1 heterocycles. The minimum atomic E-state index is -0.259. The number of rotatable bonds is 5. The summed E-state index contributed by atoms with van der Waals surface area (Å²) in [6, 6.07) is 11.9. The Hall–Kier alpha value is -3.06. The van der Waals surface area contributed by atoms with Gasteiger partial charge in [0.1, 0.15) is 0 Å². The lowest BCUT2D eigenvalue weighted by molar-refractivity contribution is 0.0664. The molecule has 3 rings (SSSR count). The highest BCUT2D eigenvalue weighted by molar-refractivity contribution is 6.05. The van der Waals surface area contributed by atoms with Crippen LogP contribution < -0.4 is 14.8 Å². The Labute approximate surface area is 164 Å². The number of carbonyl (C=O) groups is 2. The van der Waals surface area contributed by atoms with Gasteiger partial charge in [-0.25, -0.2) is 0 Å². The molecule has 2 aromatic carbocycles. The van der Waals surface area contributed by atoms with Crippen molar-refractivity contribution in [2.75, 3.05) is 52.8 Å². The summed E-state index contributed by atoms with van der Waals surface area (Å²) in [7, 11) is 5.15. The van der Waals surface area contributed by atoms with Gasteiger partial charge in [-0.05, 0) is 43.4 Å². The lowest BCUT2D eigenvalue weighted by Gasteiger charge is -2.32. The molecule has 148 valence electrons. The van der Waals surface area contributed by atoms with Crippen molar-refractivity contribution >= 4 is 17.5 Å². The molecule has 1 fully saturated rings. The smallest absolute Gasteiger partial charge is 0.255 e. The van der Waals surface area contributed by atoms with Gasteiger partial charge in [0.25, 0.3) is 11.8 Å². The van der Waals surface area contributed by atoms with E-state index < -0.39 is 0 Å². The fraction of sp³-hybridized carbons (Fsp3) is 0.333. The molecule has 1 aliphatic rings. The molecule has 2 aromatic rings. The van der Waals surface area contributed by atoms with Crippen molar-refractivity contribution in [2.24, 2.45) is 0 Å². The number of anilines is 1. The number of piperazine rings is 1. The molecule has 1 saturated heterocycles. The van der Waals surface area contributed by atoms with Crippen LogP contribution in [0.15, 0.2) is 42.5 Å². The highest BCUT2D eigenvalue weighted by Crippen LogP contribution is 2.29. The van der Waals surface area contributed by atoms with Crippen molar-refractivity contribution in [2.45, 2.75) is 0 Å². The Morgan fingerprint density at radius 1 is 0.857 bits per heavy atom. The monoisotopic (exact) mass is 383 g/mol. The zero-order valence-electron chi connectivity index (χ0n) is 16.4. The summed E-state index contributed by atoms with van der Waals surface area (Å²) in [6.07, 6.45) is 0. The standard InChI is InChI=1S/C21H25N3O4/c1-23-10-12-24(13-11-23)21(26)16-6-4-15(5-7-16)20(25)22-17-8-9-18(27-2)19(14-17)28-3/h4-9,14H,10-13H2,1-3H3,(H,22,25). The normalized spacial score (nSPS) is 14.5. The number of ether oxygens (including phenoxy) is 2. The van der Waals surface area contributed by atoms with Crippen molar-refractivity contribution in [3.63, 3.8) is 0 Å². The van der Waals surface area contributed by atoms with Crippen molar-refractivity contribution < 1.29 is 19.1 Å². The average Bonchev–Trinajstić information content (AvgIpc) is 2.73. The predicted octanol–water partition coefficient (Wildman–Crippen LogP) is 2.34. The molecule has 2 amide bonds. The molecule has 0 saturated carbocycles. The van der Waals surface area contributed by atoms with Gasteiger partial charge < -0.3 is 24.6 Å². The van der Waals surface area contributed by atoms with Crippen LogP contribution >= 0.6 is 0 Å². The molecule has 7 heteroatoms. The van der Waals surface area contributed by atoms with E-state index in [1.54, 1.807) is 56.7 Å². The Morgan fingerprint density at radius 3 is 2.07 bits per heavy atom. The molecule has 1 N–H and O–H groups in total. The second-order valence-corrected chi connectivity index (χ2v) is 6.70. The fourth-order valence-corrected chi connectivity index (χ4v) is 3.07. The highest BCUT2D eigenvalue weighted by atomic mass is 16.5. The number of likely N-dealkylation sites (N-methyl/N-ethyl adjacent to an activating group) is 1. The first kappa shape index (κ1) is 19.7. The first-order valence-electron chi connectivity index (χ1n) is 9.13. The van der Waals surface area contributed by atoms with E-state index in [-0.39, 0.29) is 11.8 Å². The largest absolute Gasteiger partial charge is 0.493 e. The Kier molecular flexibility index (Phi) is 6.16. The third-order valence-corrected chi connectivity index (χ3v) is 4.83. The fourth-order valence-electron chi connectivity index (χ4n) is 3.07. The second-order valence-electron chi connectivity index (χ2n) is 6.70. The molecule has 0 unspecified atom stereocenters. The molecule has 0 bridgehead atoms. The van der Waals surface area contributed by atoms with Crippen LogP contribution in [-0.2, 0) is 0 Å². The average molecular weight is 383 g/mol. The second kappa shape index (κ2) is 8.75. The van der Waals surface area contributed by atoms with Gasteiger partial charge in [0.2, 0.25) is 0 Å². The number of hydrogen-bond acceptors (Lipinski definition) is 5. The summed E-state index contributed by atoms with van der Waals surface area (Å²) in [5.74, 6) is 0.867. The lowest BCUT2D eigenvalue weighted by Crippen LogP contribution is -2.47. The van der Waals surface area contributed by atoms with E-state index in [4.69, 9.17) is 9.47 Å². The summed E-state index contributed by atoms with van der Waals surface area (Å²) in [6.45, 7) is 3.18. The number of nitrogens with zero attached hydrogens (tertiary/aromatic N) is 2. The number of methoxy groups -OCH3 is 2. The third-order valence-electron chi connectivity index (χ3n) is 4.83. The molecule has 28 heavy (non-hydrogen) atoms. The molecule has 1 aliphatic heterocycles. The maximum atomic E-state index is 12.6. The van der Waals surface area contributed by atoms with Gasteiger partial charge in [-0.15, -0.1) is 0 Å². The SMILES string of the molecule is COc1ccc(NC(=O)c2ccc(C(=O)N3CCN(C)CC3)cc2)cc1OC. The topological polar surface area (TPSA) is 71.1 Å². The predicted molar refractivity (Wildman–Crippen MR) is 107 cm³/mol.